The lowest BCUT2D eigenvalue weighted by Crippen LogP contribution is -2.41. The van der Waals surface area contributed by atoms with Crippen molar-refractivity contribution in [1.82, 2.24) is 9.21 Å². The summed E-state index contributed by atoms with van der Waals surface area (Å²) in [6, 6.07) is 10.2. The Kier molecular flexibility index (Phi) is 6.23. The van der Waals surface area contributed by atoms with Crippen LogP contribution >= 0.6 is 15.9 Å². The van der Waals surface area contributed by atoms with Gasteiger partial charge in [0.15, 0.2) is 6.19 Å². The zero-order chi connectivity index (χ0) is 20.3. The number of ether oxygens (including phenoxy) is 1. The molecular weight excluding hydrogens is 449 g/mol. The van der Waals surface area contributed by atoms with E-state index in [4.69, 9.17) is 10.00 Å². The van der Waals surface area contributed by atoms with Crippen LogP contribution in [-0.4, -0.2) is 43.9 Å². The first-order valence-corrected chi connectivity index (χ1v) is 10.8. The standard InChI is InChI=1S/C19H19BrFN3O3S/c1-27-18-6-5-15(20)10-19(18)28(25,26)24(17-7-8-23(12-17)13-22)11-14-3-2-4-16(21)9-14/h2-6,9-10,17H,7-8,11-12H2,1H3. The third-order valence-electron chi connectivity index (χ3n) is 4.65. The van der Waals surface area contributed by atoms with Crippen molar-refractivity contribution in [1.29, 1.82) is 5.26 Å². The van der Waals surface area contributed by atoms with Crippen molar-refractivity contribution in [3.8, 4) is 11.9 Å². The van der Waals surface area contributed by atoms with E-state index in [1.165, 1.54) is 34.5 Å². The van der Waals surface area contributed by atoms with Crippen LogP contribution in [0, 0.1) is 17.3 Å². The summed E-state index contributed by atoms with van der Waals surface area (Å²) in [5.41, 5.74) is 0.535. The minimum absolute atomic E-state index is 0.000301. The Hall–Kier alpha value is -2.15. The second-order valence-corrected chi connectivity index (χ2v) is 9.24. The van der Waals surface area contributed by atoms with Gasteiger partial charge in [0.1, 0.15) is 16.5 Å². The van der Waals surface area contributed by atoms with E-state index >= 15 is 0 Å². The summed E-state index contributed by atoms with van der Waals surface area (Å²) in [5, 5.41) is 9.16. The number of sulfonamides is 1. The maximum Gasteiger partial charge on any atom is 0.247 e. The first-order chi connectivity index (χ1) is 13.3. The molecule has 0 amide bonds. The summed E-state index contributed by atoms with van der Waals surface area (Å²) in [6.07, 6.45) is 2.58. The van der Waals surface area contributed by atoms with E-state index in [9.17, 15) is 12.8 Å². The third kappa shape index (κ3) is 4.29. The monoisotopic (exact) mass is 467 g/mol. The minimum Gasteiger partial charge on any atom is -0.495 e. The normalized spacial score (nSPS) is 17.0. The van der Waals surface area contributed by atoms with Gasteiger partial charge in [0.25, 0.3) is 0 Å². The molecule has 2 aromatic rings. The van der Waals surface area contributed by atoms with Crippen LogP contribution in [0.3, 0.4) is 0 Å². The molecule has 0 spiro atoms. The van der Waals surface area contributed by atoms with Crippen LogP contribution in [0.2, 0.25) is 0 Å². The predicted octanol–water partition coefficient (Wildman–Crippen LogP) is 3.34. The molecule has 9 heteroatoms. The average molecular weight is 468 g/mol. The molecule has 1 atom stereocenters. The quantitative estimate of drug-likeness (QED) is 0.609. The fourth-order valence-corrected chi connectivity index (χ4v) is 5.60. The summed E-state index contributed by atoms with van der Waals surface area (Å²) >= 11 is 3.31. The second kappa shape index (κ2) is 8.47. The van der Waals surface area contributed by atoms with Gasteiger partial charge >= 0.3 is 0 Å². The van der Waals surface area contributed by atoms with Crippen LogP contribution in [0.25, 0.3) is 0 Å². The SMILES string of the molecule is COc1ccc(Br)cc1S(=O)(=O)N(Cc1cccc(F)c1)C1CCN(C#N)C1. The largest absolute Gasteiger partial charge is 0.495 e. The van der Waals surface area contributed by atoms with Crippen molar-refractivity contribution < 1.29 is 17.5 Å². The summed E-state index contributed by atoms with van der Waals surface area (Å²) in [7, 11) is -2.56. The smallest absolute Gasteiger partial charge is 0.247 e. The molecular formula is C19H19BrFN3O3S. The number of benzene rings is 2. The average Bonchev–Trinajstić information content (AvgIpc) is 3.14. The Labute approximate surface area is 172 Å². The van der Waals surface area contributed by atoms with Gasteiger partial charge in [0.05, 0.1) is 7.11 Å². The highest BCUT2D eigenvalue weighted by molar-refractivity contribution is 9.10. The molecule has 1 heterocycles. The van der Waals surface area contributed by atoms with Gasteiger partial charge in [-0.2, -0.15) is 9.57 Å². The molecule has 0 bridgehead atoms. The molecule has 6 nitrogen and oxygen atoms in total. The first-order valence-electron chi connectivity index (χ1n) is 8.59. The molecule has 2 aromatic carbocycles. The van der Waals surface area contributed by atoms with Gasteiger partial charge in [0.2, 0.25) is 10.0 Å². The van der Waals surface area contributed by atoms with Gasteiger partial charge in [-0.1, -0.05) is 28.1 Å². The number of likely N-dealkylation sites (tertiary alicyclic amines) is 1. The summed E-state index contributed by atoms with van der Waals surface area (Å²) < 4.78 is 48.0. The Morgan fingerprint density at radius 2 is 2.14 bits per heavy atom. The Bertz CT molecular complexity index is 1010. The van der Waals surface area contributed by atoms with E-state index in [1.54, 1.807) is 24.3 Å². The highest BCUT2D eigenvalue weighted by Gasteiger charge is 2.37. The van der Waals surface area contributed by atoms with E-state index in [1.807, 2.05) is 0 Å². The molecule has 28 heavy (non-hydrogen) atoms. The van der Waals surface area contributed by atoms with Crippen LogP contribution in [0.5, 0.6) is 5.75 Å². The number of methoxy groups -OCH3 is 1. The van der Waals surface area contributed by atoms with Crippen LogP contribution in [0.4, 0.5) is 4.39 Å². The fraction of sp³-hybridized carbons (Fsp3) is 0.316. The van der Waals surface area contributed by atoms with Crippen molar-refractivity contribution in [3.63, 3.8) is 0 Å². The Morgan fingerprint density at radius 1 is 1.36 bits per heavy atom. The van der Waals surface area contributed by atoms with E-state index in [0.29, 0.717) is 29.5 Å². The van der Waals surface area contributed by atoms with Crippen molar-refractivity contribution in [3.05, 3.63) is 58.3 Å². The van der Waals surface area contributed by atoms with Gasteiger partial charge in [-0.15, -0.1) is 0 Å². The van der Waals surface area contributed by atoms with Crippen molar-refractivity contribution >= 4 is 26.0 Å². The molecule has 0 aliphatic carbocycles. The van der Waals surface area contributed by atoms with Crippen LogP contribution in [0.15, 0.2) is 51.8 Å². The summed E-state index contributed by atoms with van der Waals surface area (Å²) in [6.45, 7) is 0.771. The molecule has 3 rings (SSSR count). The number of nitrogens with zero attached hydrogens (tertiary/aromatic N) is 3. The van der Waals surface area contributed by atoms with E-state index in [0.717, 1.165) is 0 Å². The van der Waals surface area contributed by atoms with Crippen LogP contribution in [-0.2, 0) is 16.6 Å². The molecule has 0 saturated carbocycles. The molecule has 1 aliphatic rings. The number of hydrogen-bond acceptors (Lipinski definition) is 5. The lowest BCUT2D eigenvalue weighted by atomic mass is 10.2. The zero-order valence-corrected chi connectivity index (χ0v) is 17.6. The van der Waals surface area contributed by atoms with E-state index < -0.39 is 21.9 Å². The van der Waals surface area contributed by atoms with Crippen molar-refractivity contribution in [2.24, 2.45) is 0 Å². The zero-order valence-electron chi connectivity index (χ0n) is 15.2. The molecule has 1 saturated heterocycles. The lowest BCUT2D eigenvalue weighted by molar-refractivity contribution is 0.311. The fourth-order valence-electron chi connectivity index (χ4n) is 3.27. The van der Waals surface area contributed by atoms with E-state index in [-0.39, 0.29) is 17.2 Å². The first kappa shape index (κ1) is 20.6. The highest BCUT2D eigenvalue weighted by Crippen LogP contribution is 2.33. The number of nitriles is 1. The molecule has 1 unspecified atom stereocenters. The van der Waals surface area contributed by atoms with Crippen LogP contribution in [0.1, 0.15) is 12.0 Å². The van der Waals surface area contributed by atoms with Gasteiger partial charge in [-0.3, -0.25) is 0 Å². The maximum absolute atomic E-state index is 13.7. The van der Waals surface area contributed by atoms with Crippen LogP contribution < -0.4 is 4.74 Å². The van der Waals surface area contributed by atoms with Gasteiger partial charge in [-0.25, -0.2) is 12.8 Å². The predicted molar refractivity (Wildman–Crippen MR) is 105 cm³/mol. The summed E-state index contributed by atoms with van der Waals surface area (Å²) in [5.74, 6) is -0.206. The topological polar surface area (TPSA) is 73.6 Å². The molecule has 1 fully saturated rings. The van der Waals surface area contributed by atoms with E-state index in [2.05, 4.69) is 22.1 Å². The van der Waals surface area contributed by atoms with Crippen molar-refractivity contribution in [2.75, 3.05) is 20.2 Å². The van der Waals surface area contributed by atoms with Gasteiger partial charge in [0, 0.05) is 30.1 Å². The Morgan fingerprint density at radius 3 is 2.79 bits per heavy atom. The molecule has 0 radical (unpaired) electrons. The number of halogens is 2. The van der Waals surface area contributed by atoms with Crippen molar-refractivity contribution in [2.45, 2.75) is 23.9 Å². The Balaban J connectivity index is 2.05. The maximum atomic E-state index is 13.7. The number of rotatable bonds is 6. The summed E-state index contributed by atoms with van der Waals surface area (Å²) in [4.78, 5) is 1.55. The molecule has 148 valence electrons. The second-order valence-electron chi connectivity index (χ2n) is 6.46. The van der Waals surface area contributed by atoms with Gasteiger partial charge < -0.3 is 9.64 Å². The third-order valence-corrected chi connectivity index (χ3v) is 7.06. The minimum atomic E-state index is -3.97. The highest BCUT2D eigenvalue weighted by atomic mass is 79.9. The number of hydrogen-bond donors (Lipinski definition) is 0. The lowest BCUT2D eigenvalue weighted by Gasteiger charge is -2.28. The van der Waals surface area contributed by atoms with Gasteiger partial charge in [-0.05, 0) is 42.3 Å². The molecule has 1 aliphatic heterocycles. The molecule has 0 N–H and O–H groups in total. The molecule has 0 aromatic heterocycles.